The SMILES string of the molecule is CC(=O)O[C@]1(C(=O)CO)CC[C@H]2[C@@H]3CCC4=CC(=O)CC[C@]4(C)[C@@]3(F)[C@@H](O)C[C@@]21C. The number of esters is 1. The molecule has 6 nitrogen and oxygen atoms in total. The summed E-state index contributed by atoms with van der Waals surface area (Å²) in [4.78, 5) is 36.7. The van der Waals surface area contributed by atoms with Crippen molar-refractivity contribution in [1.29, 1.82) is 0 Å². The van der Waals surface area contributed by atoms with E-state index in [0.29, 0.717) is 25.7 Å². The number of ether oxygens (including phenoxy) is 1. The minimum Gasteiger partial charge on any atom is -0.451 e. The first kappa shape index (κ1) is 21.6. The fourth-order valence-corrected chi connectivity index (χ4v) is 7.61. The minimum atomic E-state index is -1.92. The number of ketones is 2. The molecule has 7 atom stereocenters. The van der Waals surface area contributed by atoms with E-state index in [2.05, 4.69) is 0 Å². The summed E-state index contributed by atoms with van der Waals surface area (Å²) < 4.78 is 22.6. The van der Waals surface area contributed by atoms with Crippen LogP contribution in [0.4, 0.5) is 4.39 Å². The second kappa shape index (κ2) is 6.70. The van der Waals surface area contributed by atoms with Crippen molar-refractivity contribution < 1.29 is 33.7 Å². The summed E-state index contributed by atoms with van der Waals surface area (Å²) in [5, 5.41) is 20.9. The lowest BCUT2D eigenvalue weighted by Crippen LogP contribution is -2.70. The number of aliphatic hydroxyl groups excluding tert-OH is 2. The molecule has 0 spiro atoms. The van der Waals surface area contributed by atoms with Crippen molar-refractivity contribution in [2.75, 3.05) is 6.61 Å². The molecule has 4 aliphatic carbocycles. The molecule has 3 fully saturated rings. The average molecular weight is 422 g/mol. The first-order valence-corrected chi connectivity index (χ1v) is 10.9. The van der Waals surface area contributed by atoms with Gasteiger partial charge in [0.25, 0.3) is 0 Å². The maximum absolute atomic E-state index is 17.0. The molecule has 0 bridgehead atoms. The zero-order chi connectivity index (χ0) is 22.1. The predicted octanol–water partition coefficient (Wildman–Crippen LogP) is 2.44. The van der Waals surface area contributed by atoms with Gasteiger partial charge in [0.05, 0.1) is 6.10 Å². The Balaban J connectivity index is 1.81. The topological polar surface area (TPSA) is 101 Å². The molecule has 0 heterocycles. The number of alkyl halides is 1. The Labute approximate surface area is 175 Å². The highest BCUT2D eigenvalue weighted by Gasteiger charge is 2.75. The van der Waals surface area contributed by atoms with Crippen LogP contribution in [0.5, 0.6) is 0 Å². The van der Waals surface area contributed by atoms with Gasteiger partial charge < -0.3 is 14.9 Å². The molecule has 0 aromatic carbocycles. The third-order valence-corrected chi connectivity index (χ3v) is 9.07. The number of halogens is 1. The third kappa shape index (κ3) is 2.45. The third-order valence-electron chi connectivity index (χ3n) is 9.07. The van der Waals surface area contributed by atoms with Crippen molar-refractivity contribution in [2.24, 2.45) is 22.7 Å². The zero-order valence-electron chi connectivity index (χ0n) is 17.9. The smallest absolute Gasteiger partial charge is 0.303 e. The summed E-state index contributed by atoms with van der Waals surface area (Å²) >= 11 is 0. The number of hydrogen-bond donors (Lipinski definition) is 2. The molecule has 7 heteroatoms. The molecule has 0 aliphatic heterocycles. The zero-order valence-corrected chi connectivity index (χ0v) is 17.9. The van der Waals surface area contributed by atoms with Crippen LogP contribution in [0, 0.1) is 22.7 Å². The van der Waals surface area contributed by atoms with Gasteiger partial charge in [0, 0.05) is 30.1 Å². The van der Waals surface area contributed by atoms with Crippen LogP contribution in [0.15, 0.2) is 11.6 Å². The van der Waals surface area contributed by atoms with E-state index in [1.807, 2.05) is 6.92 Å². The highest BCUT2D eigenvalue weighted by Crippen LogP contribution is 2.70. The Bertz CT molecular complexity index is 838. The highest BCUT2D eigenvalue weighted by molar-refractivity contribution is 5.92. The molecule has 0 aromatic rings. The van der Waals surface area contributed by atoms with Crippen LogP contribution in [0.3, 0.4) is 0 Å². The Hall–Kier alpha value is -1.60. The van der Waals surface area contributed by atoms with Gasteiger partial charge in [-0.05, 0) is 50.5 Å². The molecule has 4 aliphatic rings. The van der Waals surface area contributed by atoms with Gasteiger partial charge in [0.1, 0.15) is 12.3 Å². The van der Waals surface area contributed by atoms with E-state index >= 15 is 4.39 Å². The molecule has 3 saturated carbocycles. The molecule has 0 aromatic heterocycles. The quantitative estimate of drug-likeness (QED) is 0.678. The number of allylic oxidation sites excluding steroid dienone is 1. The molecule has 0 radical (unpaired) electrons. The monoisotopic (exact) mass is 422 g/mol. The number of Topliss-reactive ketones (excluding diaryl/α,β-unsaturated/α-hetero) is 1. The van der Waals surface area contributed by atoms with E-state index < -0.39 is 52.5 Å². The Morgan fingerprint density at radius 2 is 1.90 bits per heavy atom. The number of carbonyl (C=O) groups excluding carboxylic acids is 3. The van der Waals surface area contributed by atoms with E-state index in [1.54, 1.807) is 13.0 Å². The summed E-state index contributed by atoms with van der Waals surface area (Å²) in [6.07, 6.45) is 2.50. The standard InChI is InChI=1S/C23H31FO6/c1-13(26)30-22(19(29)12-25)9-7-16-17-5-4-14-10-15(27)6-8-20(14,2)23(17,24)18(28)11-21(16,22)3/h10,16-18,25,28H,4-9,11-12H2,1-3H3/t16-,17-,18-,20-,21-,22-,23-/m0/s1. The van der Waals surface area contributed by atoms with Crippen LogP contribution >= 0.6 is 0 Å². The van der Waals surface area contributed by atoms with Crippen molar-refractivity contribution >= 4 is 17.5 Å². The van der Waals surface area contributed by atoms with Crippen molar-refractivity contribution in [3.05, 3.63) is 11.6 Å². The van der Waals surface area contributed by atoms with Crippen molar-refractivity contribution in [2.45, 2.75) is 83.1 Å². The molecule has 166 valence electrons. The summed E-state index contributed by atoms with van der Waals surface area (Å²) in [7, 11) is 0. The van der Waals surface area contributed by atoms with E-state index in [4.69, 9.17) is 4.74 Å². The summed E-state index contributed by atoms with van der Waals surface area (Å²) in [5.74, 6) is -2.02. The number of fused-ring (bicyclic) bond motifs is 5. The van der Waals surface area contributed by atoms with Gasteiger partial charge in [-0.25, -0.2) is 4.39 Å². The molecule has 4 rings (SSSR count). The van der Waals surface area contributed by atoms with E-state index in [1.165, 1.54) is 6.92 Å². The van der Waals surface area contributed by atoms with Crippen molar-refractivity contribution in [1.82, 2.24) is 0 Å². The fourth-order valence-electron chi connectivity index (χ4n) is 7.61. The molecule has 0 saturated heterocycles. The lowest BCUT2D eigenvalue weighted by Gasteiger charge is -2.63. The van der Waals surface area contributed by atoms with Crippen LogP contribution in [-0.4, -0.2) is 51.7 Å². The second-order valence-corrected chi connectivity index (χ2v) is 10.2. The van der Waals surface area contributed by atoms with Crippen LogP contribution in [0.1, 0.15) is 65.7 Å². The van der Waals surface area contributed by atoms with Gasteiger partial charge in [-0.3, -0.25) is 14.4 Å². The largest absolute Gasteiger partial charge is 0.451 e. The van der Waals surface area contributed by atoms with Crippen molar-refractivity contribution in [3.63, 3.8) is 0 Å². The number of carbonyl (C=O) groups is 3. The van der Waals surface area contributed by atoms with Gasteiger partial charge in [-0.15, -0.1) is 0 Å². The summed E-state index contributed by atoms with van der Waals surface area (Å²) in [6, 6.07) is 0. The van der Waals surface area contributed by atoms with Crippen LogP contribution in [-0.2, 0) is 19.1 Å². The lowest BCUT2D eigenvalue weighted by atomic mass is 9.44. The lowest BCUT2D eigenvalue weighted by molar-refractivity contribution is -0.232. The van der Waals surface area contributed by atoms with E-state index in [0.717, 1.165) is 5.57 Å². The van der Waals surface area contributed by atoms with E-state index in [-0.39, 0.29) is 31.0 Å². The fraction of sp³-hybridized carbons (Fsp3) is 0.783. The van der Waals surface area contributed by atoms with Gasteiger partial charge in [0.15, 0.2) is 11.4 Å². The van der Waals surface area contributed by atoms with Gasteiger partial charge in [-0.2, -0.15) is 0 Å². The average Bonchev–Trinajstić information content (AvgIpc) is 2.95. The number of hydrogen-bond acceptors (Lipinski definition) is 6. The molecule has 0 amide bonds. The molecular weight excluding hydrogens is 391 g/mol. The Morgan fingerprint density at radius 3 is 2.53 bits per heavy atom. The summed E-state index contributed by atoms with van der Waals surface area (Å²) in [5.41, 5.74) is -4.61. The second-order valence-electron chi connectivity index (χ2n) is 10.2. The minimum absolute atomic E-state index is 0.00273. The molecule has 2 N–H and O–H groups in total. The van der Waals surface area contributed by atoms with Crippen LogP contribution in [0.25, 0.3) is 0 Å². The molecule has 0 unspecified atom stereocenters. The van der Waals surface area contributed by atoms with Gasteiger partial charge in [-0.1, -0.05) is 19.4 Å². The van der Waals surface area contributed by atoms with Crippen LogP contribution < -0.4 is 0 Å². The number of rotatable bonds is 3. The maximum atomic E-state index is 17.0. The summed E-state index contributed by atoms with van der Waals surface area (Å²) in [6.45, 7) is 4.06. The highest BCUT2D eigenvalue weighted by atomic mass is 19.1. The predicted molar refractivity (Wildman–Crippen MR) is 105 cm³/mol. The molecular formula is C23H31FO6. The Kier molecular flexibility index (Phi) is 4.83. The normalized spacial score (nSPS) is 47.6. The van der Waals surface area contributed by atoms with Crippen LogP contribution in [0.2, 0.25) is 0 Å². The van der Waals surface area contributed by atoms with Gasteiger partial charge >= 0.3 is 5.97 Å². The molecule has 30 heavy (non-hydrogen) atoms. The Morgan fingerprint density at radius 1 is 1.20 bits per heavy atom. The maximum Gasteiger partial charge on any atom is 0.303 e. The first-order chi connectivity index (χ1) is 14.0. The van der Waals surface area contributed by atoms with E-state index in [9.17, 15) is 24.6 Å². The first-order valence-electron chi connectivity index (χ1n) is 10.9. The van der Waals surface area contributed by atoms with Crippen molar-refractivity contribution in [3.8, 4) is 0 Å². The number of aliphatic hydroxyl groups is 2. The van der Waals surface area contributed by atoms with Gasteiger partial charge in [0.2, 0.25) is 5.78 Å².